The highest BCUT2D eigenvalue weighted by atomic mass is 32.2. The number of ketones is 3. The lowest BCUT2D eigenvalue weighted by atomic mass is 9.84. The zero-order valence-corrected chi connectivity index (χ0v) is 77.1. The van der Waals surface area contributed by atoms with Crippen LogP contribution in [0.15, 0.2) is 140 Å². The fraction of sp³-hybridized carbons (Fsp3) is 0.438. The molecule has 12 amide bonds. The topological polar surface area (TPSA) is 453 Å². The van der Waals surface area contributed by atoms with Gasteiger partial charge in [-0.25, -0.2) is 22.0 Å². The number of primary amides is 1. The number of Topliss-reactive ketones (excluding diaryl/α,β-unsaturated/α-hetero) is 3. The number of nitrogens with two attached hydrogens (primary N) is 1. The van der Waals surface area contributed by atoms with Crippen molar-refractivity contribution in [3.63, 3.8) is 0 Å². The molecule has 0 spiro atoms. The molecule has 1 saturated heterocycles. The van der Waals surface area contributed by atoms with Gasteiger partial charge in [0, 0.05) is 134 Å². The lowest BCUT2D eigenvalue weighted by molar-refractivity contribution is -0.151. The number of carbonyl (C=O) groups is 16. The Hall–Kier alpha value is -13.4. The highest BCUT2D eigenvalue weighted by Crippen LogP contribution is 2.30. The van der Waals surface area contributed by atoms with Crippen molar-refractivity contribution in [3.8, 4) is 11.5 Å². The third kappa shape index (κ3) is 30.0. The first-order chi connectivity index (χ1) is 63.6. The van der Waals surface area contributed by atoms with E-state index in [1.54, 1.807) is 126 Å². The van der Waals surface area contributed by atoms with Gasteiger partial charge < -0.3 is 82.1 Å². The highest BCUT2D eigenvalue weighted by Gasteiger charge is 2.43. The van der Waals surface area contributed by atoms with Crippen LogP contribution in [0.25, 0.3) is 10.9 Å². The first kappa shape index (κ1) is 106. The van der Waals surface area contributed by atoms with E-state index in [0.29, 0.717) is 56.9 Å². The van der Waals surface area contributed by atoms with Crippen LogP contribution in [-0.4, -0.2) is 255 Å². The van der Waals surface area contributed by atoms with Crippen molar-refractivity contribution in [3.05, 3.63) is 202 Å². The molecule has 11 atom stereocenters. The molecule has 0 unspecified atom stereocenters. The number of ether oxygens (including phenoxy) is 1. The minimum atomic E-state index is -2.57. The summed E-state index contributed by atoms with van der Waals surface area (Å²) >= 11 is 0.577. The molecule has 720 valence electrons. The molecule has 0 saturated carbocycles. The molecule has 2 heterocycles. The molecule has 8 rings (SSSR count). The van der Waals surface area contributed by atoms with E-state index in [-0.39, 0.29) is 62.9 Å². The monoisotopic (exact) mass is 1880 g/mol. The minimum absolute atomic E-state index is 0.0313. The lowest BCUT2D eigenvalue weighted by Crippen LogP contribution is -2.59. The average Bonchev–Trinajstić information content (AvgIpc) is 0.936. The Kier molecular flexibility index (Phi) is 39.9. The largest absolute Gasteiger partial charge is 0.508 e. The van der Waals surface area contributed by atoms with E-state index in [2.05, 4.69) is 36.9 Å². The number of phenolic OH excluding ortho intramolecular Hbond substituents is 2. The Bertz CT molecular complexity index is 5320. The zero-order chi connectivity index (χ0) is 98.5. The molecular weight excluding hydrogens is 1770 g/mol. The van der Waals surface area contributed by atoms with Crippen molar-refractivity contribution in [2.75, 3.05) is 66.4 Å². The number of hydrogen-bond acceptors (Lipinski definition) is 20. The van der Waals surface area contributed by atoms with Crippen LogP contribution in [0.3, 0.4) is 0 Å². The number of benzene rings is 6. The number of halogens is 5. The summed E-state index contributed by atoms with van der Waals surface area (Å²) in [5.41, 5.74) is 6.59. The maximum Gasteiger partial charge on any atom is 0.293 e. The second-order valence-electron chi connectivity index (χ2n) is 34.3. The molecule has 134 heavy (non-hydrogen) atoms. The number of aromatic hydroxyl groups is 2. The maximum atomic E-state index is 16.0. The van der Waals surface area contributed by atoms with Gasteiger partial charge in [-0.15, -0.1) is 11.8 Å². The number of amides is 12. The molecule has 0 bridgehead atoms. The van der Waals surface area contributed by atoms with Crippen LogP contribution in [0.2, 0.25) is 0 Å². The van der Waals surface area contributed by atoms with Gasteiger partial charge in [0.25, 0.3) is 6.47 Å². The van der Waals surface area contributed by atoms with Gasteiger partial charge in [0.1, 0.15) is 72.2 Å². The van der Waals surface area contributed by atoms with Crippen LogP contribution in [0.5, 0.6) is 11.5 Å². The number of nitrogens with zero attached hydrogens (tertiary/aromatic N) is 5. The van der Waals surface area contributed by atoms with E-state index in [1.807, 2.05) is 0 Å². The summed E-state index contributed by atoms with van der Waals surface area (Å²) in [5, 5.41) is 37.1. The second kappa shape index (κ2) is 50.4. The van der Waals surface area contributed by atoms with Crippen molar-refractivity contribution in [2.45, 2.75) is 179 Å². The van der Waals surface area contributed by atoms with Crippen LogP contribution < -0.4 is 37.6 Å². The van der Waals surface area contributed by atoms with E-state index in [4.69, 9.17) is 10.5 Å². The first-order valence-electron chi connectivity index (χ1n) is 43.9. The molecule has 1 fully saturated rings. The number of fused-ring (bicyclic) bond motifs is 1. The number of likely N-dealkylation sites (N-methyl/N-ethyl adjacent to an activating group) is 5. The van der Waals surface area contributed by atoms with Crippen LogP contribution in [0.4, 0.5) is 22.0 Å². The fourth-order valence-electron chi connectivity index (χ4n) is 15.7. The average molecular weight is 1880 g/mol. The van der Waals surface area contributed by atoms with Gasteiger partial charge in [0.05, 0.1) is 30.8 Å². The van der Waals surface area contributed by atoms with Gasteiger partial charge in [-0.2, -0.15) is 0 Å². The Morgan fingerprint density at radius 1 is 0.507 bits per heavy atom. The molecule has 1 aliphatic rings. The number of nitrogens with one attached hydrogen (secondary N) is 7. The molecule has 1 aromatic heterocycles. The molecule has 32 nitrogen and oxygen atoms in total. The number of phenols is 2. The molecule has 0 aliphatic carbocycles. The number of hydrogen-bond donors (Lipinski definition) is 10. The summed E-state index contributed by atoms with van der Waals surface area (Å²) in [7, 11) is 6.02. The smallest absolute Gasteiger partial charge is 0.293 e. The minimum Gasteiger partial charge on any atom is -0.508 e. The second-order valence-corrected chi connectivity index (χ2v) is 35.3. The number of unbranched alkanes of at least 4 members (excludes halogenated alkanes) is 1. The number of H-pyrrole nitrogens is 1. The summed E-state index contributed by atoms with van der Waals surface area (Å²) < 4.78 is 82.1. The molecule has 0 radical (unpaired) electrons. The number of aromatic nitrogens is 1. The van der Waals surface area contributed by atoms with Crippen molar-refractivity contribution in [1.82, 2.24) is 61.4 Å². The molecule has 6 aromatic carbocycles. The van der Waals surface area contributed by atoms with Gasteiger partial charge in [-0.1, -0.05) is 151 Å². The standard InChI is InChI=1S/C96H116F5N13O19S/c1-11-12-27-75-95(131)110(6)48-64(118)43-61(50-133-53-115)79(120)46-66(55(4)5)92(128)113(9)76(41-56-21-15-13-16-22-56)91(127)108-72(40-59-30-34-63(117)35-31-59)93(129)111(7)49-81(122)104-71(44-60-47-103-68-26-20-19-25-65(60)68)90(126)107-70(39-58-28-32-62(116)33-29-58)89(125)106-69(38-54(2)3)88(124)109-74(78(119)36-37-80(102)121)51-134-52-82(123)105-73(45-67-83(97)85(99)87(101)86(100)84(67)98)94(130)114(10)77(96(132)112(75)8)42-57-23-17-14-18-24-57/h13-26,28-35,47,53-55,61,66,69-77,103,116-117H,11-12,27,36-46,48-52H2,1-10H3,(H2,102,121)(H,104,122)(H,105,123)(H,106,125)(H,107,126)(H,108,127)(H,109,124)/t61-,66-,69-,70-,71-,72-,73-,74-,75-,76-,77-/m0/s1. The summed E-state index contributed by atoms with van der Waals surface area (Å²) in [6.07, 6.45) is -3.61. The number of rotatable bonds is 25. The lowest BCUT2D eigenvalue weighted by Gasteiger charge is -2.37. The molecule has 38 heteroatoms. The molecule has 1 aliphatic heterocycles. The third-order valence-electron chi connectivity index (χ3n) is 23.4. The van der Waals surface area contributed by atoms with Crippen LogP contribution in [0.1, 0.15) is 119 Å². The van der Waals surface area contributed by atoms with Crippen molar-refractivity contribution < 1.29 is 114 Å². The van der Waals surface area contributed by atoms with E-state index in [1.165, 1.54) is 76.7 Å². The normalized spacial score (nSPS) is 21.7. The fourth-order valence-corrected chi connectivity index (χ4v) is 16.6. The number of thioether (sulfide) groups is 1. The van der Waals surface area contributed by atoms with Crippen LogP contribution in [-0.2, 0) is 120 Å². The Balaban J connectivity index is 1.24. The van der Waals surface area contributed by atoms with Crippen molar-refractivity contribution >= 4 is 117 Å². The zero-order valence-electron chi connectivity index (χ0n) is 76.2. The van der Waals surface area contributed by atoms with Crippen LogP contribution in [0, 0.1) is 52.8 Å². The predicted molar refractivity (Wildman–Crippen MR) is 485 cm³/mol. The van der Waals surface area contributed by atoms with Crippen molar-refractivity contribution in [1.29, 1.82) is 0 Å². The number of carbonyl (C=O) groups excluding carboxylic acids is 16. The first-order valence-corrected chi connectivity index (χ1v) is 45.0. The highest BCUT2D eigenvalue weighted by molar-refractivity contribution is 8.00. The van der Waals surface area contributed by atoms with E-state index >= 15 is 55.9 Å². The Labute approximate surface area is 776 Å². The van der Waals surface area contributed by atoms with Gasteiger partial charge in [-0.05, 0) is 82.8 Å². The summed E-state index contributed by atoms with van der Waals surface area (Å²) in [6, 6.07) is 19.2. The number of para-hydroxylation sites is 1. The van der Waals surface area contributed by atoms with Crippen LogP contribution >= 0.6 is 11.8 Å². The predicted octanol–water partition coefficient (Wildman–Crippen LogP) is 6.13. The van der Waals surface area contributed by atoms with Gasteiger partial charge in [0.2, 0.25) is 76.7 Å². The van der Waals surface area contributed by atoms with Gasteiger partial charge in [0.15, 0.2) is 34.8 Å². The summed E-state index contributed by atoms with van der Waals surface area (Å²) in [4.78, 5) is 243. The quantitative estimate of drug-likeness (QED) is 0.0133. The van der Waals surface area contributed by atoms with E-state index in [0.717, 1.165) is 31.5 Å². The summed E-state index contributed by atoms with van der Waals surface area (Å²) in [6.45, 7) is 6.13. The molecule has 7 aromatic rings. The third-order valence-corrected chi connectivity index (χ3v) is 24.4. The maximum absolute atomic E-state index is 16.0. The van der Waals surface area contributed by atoms with E-state index in [9.17, 15) is 53.0 Å². The van der Waals surface area contributed by atoms with E-state index < -0.39 is 271 Å². The molecule has 11 N–H and O–H groups in total. The number of aromatic amines is 1. The van der Waals surface area contributed by atoms with Gasteiger partial charge in [-0.3, -0.25) is 76.7 Å². The van der Waals surface area contributed by atoms with Crippen molar-refractivity contribution in [2.24, 2.45) is 29.4 Å². The Morgan fingerprint density at radius 2 is 1.00 bits per heavy atom. The Morgan fingerprint density at radius 3 is 1.57 bits per heavy atom. The SMILES string of the molecule is CCCC[C@H]1C(=O)N(C)CC(=O)C[C@@H](COC=O)C(=O)C[C@@H](C(C)C)C(=O)N(C)[C@@H](Cc2ccccc2)C(=O)N[C@@H](Cc2ccc(O)cc2)C(=O)N(C)CC(=O)N[C@@H](Cc2c[nH]c3ccccc23)C(=O)N[C@@H](Cc2ccc(O)cc2)C(=O)N[C@@H](CC(C)C)C(=O)N[C@H](C(=O)CCC(N)=O)CSCC(=O)N[C@@H](Cc2c(F)c(F)c(F)c(F)c2F)C(=O)N(C)[C@@H](Cc2ccccc2)C(=O)N1C. The van der Waals surface area contributed by atoms with Gasteiger partial charge >= 0.3 is 0 Å². The molecular formula is C96H116F5N13O19S. The summed E-state index contributed by atoms with van der Waals surface area (Å²) in [5.74, 6) is -32.3.